The molecule has 0 atom stereocenters. The van der Waals surface area contributed by atoms with Gasteiger partial charge in [0.25, 0.3) is 0 Å². The zero-order valence-corrected chi connectivity index (χ0v) is 8.35. The molecule has 0 aliphatic heterocycles. The molecule has 4 nitrogen and oxygen atoms in total. The van der Waals surface area contributed by atoms with Crippen molar-refractivity contribution in [2.24, 2.45) is 0 Å². The van der Waals surface area contributed by atoms with E-state index in [-0.39, 0.29) is 12.4 Å². The molecule has 17 heavy (non-hydrogen) atoms. The van der Waals surface area contributed by atoms with Gasteiger partial charge >= 0.3 is 12.4 Å². The molecule has 0 bridgehead atoms. The van der Waals surface area contributed by atoms with E-state index in [4.69, 9.17) is 0 Å². The SMILES string of the molecule is CNCc1nnc(C(C(F)(F)F)C(F)(F)F)o1. The number of aromatic nitrogens is 2. The van der Waals surface area contributed by atoms with Gasteiger partial charge in [0.2, 0.25) is 17.7 Å². The van der Waals surface area contributed by atoms with Gasteiger partial charge in [0.1, 0.15) is 0 Å². The van der Waals surface area contributed by atoms with Gasteiger partial charge < -0.3 is 9.73 Å². The molecular weight excluding hydrogens is 256 g/mol. The van der Waals surface area contributed by atoms with Crippen LogP contribution in [0.15, 0.2) is 4.42 Å². The number of hydrogen-bond acceptors (Lipinski definition) is 4. The van der Waals surface area contributed by atoms with Crippen molar-refractivity contribution in [3.8, 4) is 0 Å². The maximum atomic E-state index is 12.2. The van der Waals surface area contributed by atoms with Crippen LogP contribution >= 0.6 is 0 Å². The fourth-order valence-electron chi connectivity index (χ4n) is 1.07. The van der Waals surface area contributed by atoms with Crippen molar-refractivity contribution in [2.75, 3.05) is 7.05 Å². The highest BCUT2D eigenvalue weighted by Gasteiger charge is 2.60. The lowest BCUT2D eigenvalue weighted by atomic mass is 10.1. The molecule has 1 rings (SSSR count). The highest BCUT2D eigenvalue weighted by atomic mass is 19.4. The number of alkyl halides is 6. The number of rotatable bonds is 3. The standard InChI is InChI=1S/C7H7F6N3O/c1-14-2-3-15-16-5(17-3)4(6(8,9)10)7(11,12)13/h4,14H,2H2,1H3. The maximum Gasteiger partial charge on any atom is 0.409 e. The van der Waals surface area contributed by atoms with Gasteiger partial charge in [-0.3, -0.25) is 0 Å². The number of nitrogens with one attached hydrogen (secondary N) is 1. The highest BCUT2D eigenvalue weighted by Crippen LogP contribution is 2.45. The molecule has 0 saturated heterocycles. The number of halogens is 6. The zero-order valence-electron chi connectivity index (χ0n) is 8.35. The fourth-order valence-corrected chi connectivity index (χ4v) is 1.07. The summed E-state index contributed by atoms with van der Waals surface area (Å²) in [6, 6.07) is 0. The minimum Gasteiger partial charge on any atom is -0.423 e. The van der Waals surface area contributed by atoms with Crippen LogP contribution in [0.5, 0.6) is 0 Å². The Labute approximate surface area is 91.0 Å². The monoisotopic (exact) mass is 263 g/mol. The van der Waals surface area contributed by atoms with Crippen molar-refractivity contribution in [3.63, 3.8) is 0 Å². The smallest absolute Gasteiger partial charge is 0.409 e. The average molecular weight is 263 g/mol. The Morgan fingerprint density at radius 1 is 1.12 bits per heavy atom. The van der Waals surface area contributed by atoms with Gasteiger partial charge in [-0.15, -0.1) is 10.2 Å². The molecule has 1 aromatic heterocycles. The molecule has 0 aliphatic carbocycles. The average Bonchev–Trinajstić information content (AvgIpc) is 2.47. The molecule has 0 aromatic carbocycles. The minimum absolute atomic E-state index is 0.116. The van der Waals surface area contributed by atoms with Crippen molar-refractivity contribution in [3.05, 3.63) is 11.8 Å². The topological polar surface area (TPSA) is 51.0 Å². The molecule has 10 heteroatoms. The Morgan fingerprint density at radius 2 is 1.65 bits per heavy atom. The van der Waals surface area contributed by atoms with Gasteiger partial charge in [-0.1, -0.05) is 0 Å². The van der Waals surface area contributed by atoms with Crippen molar-refractivity contribution in [2.45, 2.75) is 24.8 Å². The van der Waals surface area contributed by atoms with Gasteiger partial charge in [0, 0.05) is 0 Å². The zero-order chi connectivity index (χ0) is 13.3. The van der Waals surface area contributed by atoms with Gasteiger partial charge in [-0.25, -0.2) is 0 Å². The molecule has 0 unspecified atom stereocenters. The summed E-state index contributed by atoms with van der Waals surface area (Å²) in [5.74, 6) is -5.61. The predicted octanol–water partition coefficient (Wildman–Crippen LogP) is 2.00. The Hall–Kier alpha value is -1.32. The quantitative estimate of drug-likeness (QED) is 0.847. The lowest BCUT2D eigenvalue weighted by Gasteiger charge is -2.19. The molecule has 0 amide bonds. The van der Waals surface area contributed by atoms with Gasteiger partial charge in [-0.2, -0.15) is 26.3 Å². The molecule has 0 radical (unpaired) electrons. The van der Waals surface area contributed by atoms with E-state index >= 15 is 0 Å². The van der Waals surface area contributed by atoms with Crippen LogP contribution in [0.3, 0.4) is 0 Å². The summed E-state index contributed by atoms with van der Waals surface area (Å²) >= 11 is 0. The Balaban J connectivity index is 3.06. The van der Waals surface area contributed by atoms with Crippen molar-refractivity contribution in [1.82, 2.24) is 15.5 Å². The van der Waals surface area contributed by atoms with Crippen molar-refractivity contribution < 1.29 is 30.8 Å². The first kappa shape index (κ1) is 13.7. The molecule has 1 aromatic rings. The molecule has 0 fully saturated rings. The second-order valence-electron chi connectivity index (χ2n) is 3.08. The van der Waals surface area contributed by atoms with Crippen LogP contribution in [0.2, 0.25) is 0 Å². The summed E-state index contributed by atoms with van der Waals surface area (Å²) in [4.78, 5) is 0. The highest BCUT2D eigenvalue weighted by molar-refractivity contribution is 5.00. The molecule has 1 N–H and O–H groups in total. The summed E-state index contributed by atoms with van der Waals surface area (Å²) in [5.41, 5.74) is 0. The summed E-state index contributed by atoms with van der Waals surface area (Å²) in [6.45, 7) is -0.116. The summed E-state index contributed by atoms with van der Waals surface area (Å²) in [7, 11) is 1.43. The Bertz CT molecular complexity index is 356. The van der Waals surface area contributed by atoms with E-state index < -0.39 is 24.2 Å². The maximum absolute atomic E-state index is 12.2. The third kappa shape index (κ3) is 3.32. The molecule has 0 aliphatic rings. The first-order valence-corrected chi connectivity index (χ1v) is 4.26. The number of nitrogens with zero attached hydrogens (tertiary/aromatic N) is 2. The molecular formula is C7H7F6N3O. The normalized spacial score (nSPS) is 13.4. The number of hydrogen-bond donors (Lipinski definition) is 1. The molecule has 0 spiro atoms. The van der Waals surface area contributed by atoms with Crippen LogP contribution in [0.25, 0.3) is 0 Å². The minimum atomic E-state index is -5.53. The van der Waals surface area contributed by atoms with E-state index in [9.17, 15) is 26.3 Å². The fraction of sp³-hybridized carbons (Fsp3) is 0.714. The van der Waals surface area contributed by atoms with Gasteiger partial charge in [0.15, 0.2) is 0 Å². The van der Waals surface area contributed by atoms with E-state index in [0.717, 1.165) is 0 Å². The van der Waals surface area contributed by atoms with Crippen LogP contribution in [-0.4, -0.2) is 29.6 Å². The van der Waals surface area contributed by atoms with E-state index in [1.54, 1.807) is 0 Å². The third-order valence-corrected chi connectivity index (χ3v) is 1.71. The van der Waals surface area contributed by atoms with Gasteiger partial charge in [0.05, 0.1) is 6.54 Å². The predicted molar refractivity (Wildman–Crippen MR) is 41.9 cm³/mol. The first-order chi connectivity index (χ1) is 7.66. The van der Waals surface area contributed by atoms with Gasteiger partial charge in [-0.05, 0) is 7.05 Å². The van der Waals surface area contributed by atoms with Crippen molar-refractivity contribution >= 4 is 0 Å². The third-order valence-electron chi connectivity index (χ3n) is 1.71. The summed E-state index contributed by atoms with van der Waals surface area (Å²) in [6.07, 6.45) is -11.1. The largest absolute Gasteiger partial charge is 0.423 e. The second kappa shape index (κ2) is 4.51. The summed E-state index contributed by atoms with van der Waals surface area (Å²) in [5, 5.41) is 8.30. The molecule has 0 saturated carbocycles. The second-order valence-corrected chi connectivity index (χ2v) is 3.08. The van der Waals surface area contributed by atoms with Crippen LogP contribution in [0, 0.1) is 0 Å². The van der Waals surface area contributed by atoms with E-state index in [2.05, 4.69) is 19.9 Å². The van der Waals surface area contributed by atoms with Crippen LogP contribution < -0.4 is 5.32 Å². The van der Waals surface area contributed by atoms with E-state index in [1.807, 2.05) is 0 Å². The molecule has 1 heterocycles. The molecule has 98 valence electrons. The Morgan fingerprint density at radius 3 is 2.06 bits per heavy atom. The first-order valence-electron chi connectivity index (χ1n) is 4.26. The van der Waals surface area contributed by atoms with Crippen LogP contribution in [-0.2, 0) is 6.54 Å². The lowest BCUT2D eigenvalue weighted by Crippen LogP contribution is -2.34. The Kier molecular flexibility index (Phi) is 3.65. The van der Waals surface area contributed by atoms with E-state index in [1.165, 1.54) is 7.05 Å². The van der Waals surface area contributed by atoms with E-state index in [0.29, 0.717) is 0 Å². The van der Waals surface area contributed by atoms with Crippen LogP contribution in [0.1, 0.15) is 17.7 Å². The summed E-state index contributed by atoms with van der Waals surface area (Å²) < 4.78 is 77.7. The van der Waals surface area contributed by atoms with Crippen LogP contribution in [0.4, 0.5) is 26.3 Å². The van der Waals surface area contributed by atoms with Crippen molar-refractivity contribution in [1.29, 1.82) is 0 Å². The lowest BCUT2D eigenvalue weighted by molar-refractivity contribution is -0.258.